The molecule has 3 unspecified atom stereocenters. The molecule has 1 heterocycles. The quantitative estimate of drug-likeness (QED) is 0.883. The minimum Gasteiger partial charge on any atom is -0.309 e. The van der Waals surface area contributed by atoms with E-state index in [0.717, 1.165) is 24.9 Å². The lowest BCUT2D eigenvalue weighted by atomic mass is 9.91. The fraction of sp³-hybridized carbons (Fsp3) is 0.684. The van der Waals surface area contributed by atoms with E-state index in [1.807, 2.05) is 0 Å². The zero-order valence-electron chi connectivity index (χ0n) is 14.4. The Balaban J connectivity index is 2.11. The van der Waals surface area contributed by atoms with Crippen molar-refractivity contribution in [3.63, 3.8) is 0 Å². The summed E-state index contributed by atoms with van der Waals surface area (Å²) in [5.41, 5.74) is 4.24. The van der Waals surface area contributed by atoms with Gasteiger partial charge in [0.25, 0.3) is 0 Å². The lowest BCUT2D eigenvalue weighted by molar-refractivity contribution is 0.128. The SMILES string of the molecule is CCNC(CN1CC(C)CC(C)C1)c1ccc(C)cc1C. The van der Waals surface area contributed by atoms with Crippen molar-refractivity contribution in [3.05, 3.63) is 34.9 Å². The van der Waals surface area contributed by atoms with Gasteiger partial charge >= 0.3 is 0 Å². The number of piperidine rings is 1. The van der Waals surface area contributed by atoms with Crippen LogP contribution in [-0.4, -0.2) is 31.1 Å². The van der Waals surface area contributed by atoms with E-state index in [1.54, 1.807) is 0 Å². The molecule has 1 saturated heterocycles. The van der Waals surface area contributed by atoms with Crippen molar-refractivity contribution in [3.8, 4) is 0 Å². The van der Waals surface area contributed by atoms with Crippen LogP contribution in [0.25, 0.3) is 0 Å². The molecule has 2 heteroatoms. The average molecular weight is 288 g/mol. The topological polar surface area (TPSA) is 15.3 Å². The fourth-order valence-electron chi connectivity index (χ4n) is 3.94. The Morgan fingerprint density at radius 3 is 2.43 bits per heavy atom. The number of likely N-dealkylation sites (tertiary alicyclic amines) is 1. The molecule has 2 rings (SSSR count). The molecule has 21 heavy (non-hydrogen) atoms. The van der Waals surface area contributed by atoms with Crippen molar-refractivity contribution >= 4 is 0 Å². The number of nitrogens with one attached hydrogen (secondary N) is 1. The van der Waals surface area contributed by atoms with Crippen LogP contribution in [0.5, 0.6) is 0 Å². The molecule has 0 saturated carbocycles. The minimum absolute atomic E-state index is 0.452. The minimum atomic E-state index is 0.452. The first kappa shape index (κ1) is 16.5. The summed E-state index contributed by atoms with van der Waals surface area (Å²) in [6, 6.07) is 7.32. The van der Waals surface area contributed by atoms with E-state index in [4.69, 9.17) is 0 Å². The zero-order chi connectivity index (χ0) is 15.4. The van der Waals surface area contributed by atoms with Crippen molar-refractivity contribution in [2.24, 2.45) is 11.8 Å². The molecule has 0 spiro atoms. The Labute approximate surface area is 130 Å². The van der Waals surface area contributed by atoms with Gasteiger partial charge in [0.15, 0.2) is 0 Å². The highest BCUT2D eigenvalue weighted by Crippen LogP contribution is 2.25. The van der Waals surface area contributed by atoms with Gasteiger partial charge in [0.1, 0.15) is 0 Å². The molecule has 1 aromatic carbocycles. The van der Waals surface area contributed by atoms with Crippen LogP contribution in [0.1, 0.15) is 49.9 Å². The monoisotopic (exact) mass is 288 g/mol. The molecule has 0 aromatic heterocycles. The van der Waals surface area contributed by atoms with Crippen molar-refractivity contribution < 1.29 is 0 Å². The van der Waals surface area contributed by atoms with E-state index in [1.165, 1.54) is 36.2 Å². The van der Waals surface area contributed by atoms with Gasteiger partial charge in [-0.05, 0) is 49.8 Å². The predicted octanol–water partition coefficient (Wildman–Crippen LogP) is 3.93. The molecule has 1 aromatic rings. The molecule has 1 aliphatic rings. The van der Waals surface area contributed by atoms with Gasteiger partial charge in [-0.15, -0.1) is 0 Å². The van der Waals surface area contributed by atoms with Crippen LogP contribution in [0.15, 0.2) is 18.2 Å². The molecular weight excluding hydrogens is 256 g/mol. The third-order valence-electron chi connectivity index (χ3n) is 4.64. The molecule has 1 N–H and O–H groups in total. The Morgan fingerprint density at radius 1 is 1.19 bits per heavy atom. The van der Waals surface area contributed by atoms with Gasteiger partial charge in [-0.3, -0.25) is 0 Å². The highest BCUT2D eigenvalue weighted by Gasteiger charge is 2.24. The van der Waals surface area contributed by atoms with Gasteiger partial charge in [-0.25, -0.2) is 0 Å². The smallest absolute Gasteiger partial charge is 0.0451 e. The highest BCUT2D eigenvalue weighted by atomic mass is 15.2. The van der Waals surface area contributed by atoms with E-state index in [9.17, 15) is 0 Å². The van der Waals surface area contributed by atoms with Gasteiger partial charge in [0.05, 0.1) is 0 Å². The van der Waals surface area contributed by atoms with Crippen LogP contribution in [0.3, 0.4) is 0 Å². The summed E-state index contributed by atoms with van der Waals surface area (Å²) in [7, 11) is 0. The summed E-state index contributed by atoms with van der Waals surface area (Å²) in [5, 5.41) is 3.69. The van der Waals surface area contributed by atoms with Gasteiger partial charge in [-0.2, -0.15) is 0 Å². The largest absolute Gasteiger partial charge is 0.309 e. The molecule has 3 atom stereocenters. The van der Waals surface area contributed by atoms with Gasteiger partial charge in [0, 0.05) is 25.7 Å². The van der Waals surface area contributed by atoms with Crippen LogP contribution >= 0.6 is 0 Å². The molecule has 0 amide bonds. The Bertz CT molecular complexity index is 445. The second-order valence-corrected chi connectivity index (χ2v) is 7.13. The number of hydrogen-bond acceptors (Lipinski definition) is 2. The van der Waals surface area contributed by atoms with Gasteiger partial charge < -0.3 is 10.2 Å². The van der Waals surface area contributed by atoms with Gasteiger partial charge in [0.2, 0.25) is 0 Å². The fourth-order valence-corrected chi connectivity index (χ4v) is 3.94. The second kappa shape index (κ2) is 7.42. The predicted molar refractivity (Wildman–Crippen MR) is 91.7 cm³/mol. The maximum atomic E-state index is 3.69. The Hall–Kier alpha value is -0.860. The third kappa shape index (κ3) is 4.55. The summed E-state index contributed by atoms with van der Waals surface area (Å²) in [4.78, 5) is 2.66. The van der Waals surface area contributed by atoms with Gasteiger partial charge in [-0.1, -0.05) is 44.5 Å². The number of likely N-dealkylation sites (N-methyl/N-ethyl adjacent to an activating group) is 1. The number of benzene rings is 1. The Kier molecular flexibility index (Phi) is 5.83. The van der Waals surface area contributed by atoms with Crippen molar-refractivity contribution in [1.29, 1.82) is 0 Å². The summed E-state index contributed by atoms with van der Waals surface area (Å²) in [6.07, 6.45) is 1.38. The molecule has 0 radical (unpaired) electrons. The summed E-state index contributed by atoms with van der Waals surface area (Å²) < 4.78 is 0. The highest BCUT2D eigenvalue weighted by molar-refractivity contribution is 5.33. The third-order valence-corrected chi connectivity index (χ3v) is 4.64. The second-order valence-electron chi connectivity index (χ2n) is 7.13. The van der Waals surface area contributed by atoms with E-state index in [0.29, 0.717) is 6.04 Å². The molecule has 0 aliphatic carbocycles. The van der Waals surface area contributed by atoms with E-state index >= 15 is 0 Å². The van der Waals surface area contributed by atoms with Crippen molar-refractivity contribution in [1.82, 2.24) is 10.2 Å². The summed E-state index contributed by atoms with van der Waals surface area (Å²) >= 11 is 0. The van der Waals surface area contributed by atoms with E-state index < -0.39 is 0 Å². The maximum Gasteiger partial charge on any atom is 0.0451 e. The number of aryl methyl sites for hydroxylation is 2. The van der Waals surface area contributed by atoms with Crippen LogP contribution in [0.2, 0.25) is 0 Å². The molecule has 0 bridgehead atoms. The lowest BCUT2D eigenvalue weighted by Gasteiger charge is -2.37. The average Bonchev–Trinajstić information content (AvgIpc) is 2.37. The molecule has 1 fully saturated rings. The molecule has 118 valence electrons. The van der Waals surface area contributed by atoms with Crippen molar-refractivity contribution in [2.75, 3.05) is 26.2 Å². The summed E-state index contributed by atoms with van der Waals surface area (Å²) in [6.45, 7) is 16.1. The number of nitrogens with zero attached hydrogens (tertiary/aromatic N) is 1. The first-order valence-electron chi connectivity index (χ1n) is 8.52. The standard InChI is InChI=1S/C19H32N2/c1-6-20-19(18-8-7-14(2)10-17(18)5)13-21-11-15(3)9-16(4)12-21/h7-8,10,15-16,19-20H,6,9,11-13H2,1-5H3. The van der Waals surface area contributed by atoms with E-state index in [2.05, 4.69) is 63.0 Å². The molecule has 1 aliphatic heterocycles. The molecule has 2 nitrogen and oxygen atoms in total. The van der Waals surface area contributed by atoms with Crippen LogP contribution < -0.4 is 5.32 Å². The first-order valence-corrected chi connectivity index (χ1v) is 8.52. The number of hydrogen-bond donors (Lipinski definition) is 1. The lowest BCUT2D eigenvalue weighted by Crippen LogP contribution is -2.43. The van der Waals surface area contributed by atoms with Crippen LogP contribution in [0.4, 0.5) is 0 Å². The zero-order valence-corrected chi connectivity index (χ0v) is 14.4. The number of rotatable bonds is 5. The van der Waals surface area contributed by atoms with Crippen LogP contribution in [0, 0.1) is 25.7 Å². The normalized spacial score (nSPS) is 25.0. The maximum absolute atomic E-state index is 3.69. The Morgan fingerprint density at radius 2 is 1.86 bits per heavy atom. The molecular formula is C19H32N2. The summed E-state index contributed by atoms with van der Waals surface area (Å²) in [5.74, 6) is 1.66. The first-order chi connectivity index (χ1) is 9.99. The van der Waals surface area contributed by atoms with Crippen molar-refractivity contribution in [2.45, 2.75) is 47.1 Å². The van der Waals surface area contributed by atoms with Crippen LogP contribution in [-0.2, 0) is 0 Å². The van der Waals surface area contributed by atoms with E-state index in [-0.39, 0.29) is 0 Å².